The molecule has 12 heavy (non-hydrogen) atoms. The van der Waals surface area contributed by atoms with E-state index in [-0.39, 0.29) is 17.9 Å². The van der Waals surface area contributed by atoms with E-state index < -0.39 is 0 Å². The minimum absolute atomic E-state index is 0.0451. The maximum absolute atomic E-state index is 10.8. The van der Waals surface area contributed by atoms with Gasteiger partial charge in [0.05, 0.1) is 6.10 Å². The first-order valence-corrected chi connectivity index (χ1v) is 4.71. The van der Waals surface area contributed by atoms with Crippen molar-refractivity contribution in [2.45, 2.75) is 33.3 Å². The van der Waals surface area contributed by atoms with E-state index in [2.05, 4.69) is 13.8 Å². The van der Waals surface area contributed by atoms with Crippen molar-refractivity contribution in [3.63, 3.8) is 0 Å². The van der Waals surface area contributed by atoms with Gasteiger partial charge < -0.3 is 9.90 Å². The number of carbonyl (C=O) groups excluding carboxylic acids is 1. The normalized spacial score (nSPS) is 48.8. The highest BCUT2D eigenvalue weighted by molar-refractivity contribution is 5.55. The number of carbonyl (C=O) groups is 1. The van der Waals surface area contributed by atoms with E-state index in [1.165, 1.54) is 0 Å². The molecule has 0 aromatic heterocycles. The number of aliphatic hydroxyl groups is 1. The van der Waals surface area contributed by atoms with Gasteiger partial charge in [0, 0.05) is 5.92 Å². The zero-order valence-corrected chi connectivity index (χ0v) is 8.03. The molecule has 0 radical (unpaired) electrons. The van der Waals surface area contributed by atoms with E-state index in [1.807, 2.05) is 6.92 Å². The van der Waals surface area contributed by atoms with Crippen LogP contribution >= 0.6 is 0 Å². The van der Waals surface area contributed by atoms with Crippen molar-refractivity contribution in [1.29, 1.82) is 0 Å². The molecule has 1 fully saturated rings. The molecule has 1 N–H and O–H groups in total. The van der Waals surface area contributed by atoms with Crippen LogP contribution in [0.3, 0.4) is 0 Å². The van der Waals surface area contributed by atoms with Crippen LogP contribution in [0, 0.1) is 23.7 Å². The Hall–Kier alpha value is -0.370. The second-order valence-corrected chi connectivity index (χ2v) is 4.21. The predicted molar refractivity (Wildman–Crippen MR) is 47.7 cm³/mol. The summed E-state index contributed by atoms with van der Waals surface area (Å²) >= 11 is 0. The zero-order chi connectivity index (χ0) is 9.30. The van der Waals surface area contributed by atoms with Crippen LogP contribution in [-0.2, 0) is 4.79 Å². The molecule has 0 aliphatic heterocycles. The number of rotatable bonds is 1. The summed E-state index contributed by atoms with van der Waals surface area (Å²) in [6, 6.07) is 0. The van der Waals surface area contributed by atoms with Gasteiger partial charge in [-0.25, -0.2) is 0 Å². The SMILES string of the molecule is CC1CC(O)C(C)C(C=O)C1C. The Kier molecular flexibility index (Phi) is 2.89. The molecule has 0 amide bonds. The van der Waals surface area contributed by atoms with Crippen molar-refractivity contribution in [2.24, 2.45) is 23.7 Å². The third-order valence-corrected chi connectivity index (χ3v) is 3.49. The molecule has 1 aliphatic carbocycles. The number of aliphatic hydroxyl groups excluding tert-OH is 1. The quantitative estimate of drug-likeness (QED) is 0.605. The van der Waals surface area contributed by atoms with Crippen LogP contribution in [0.2, 0.25) is 0 Å². The van der Waals surface area contributed by atoms with Crippen LogP contribution in [0.5, 0.6) is 0 Å². The second kappa shape index (κ2) is 3.56. The summed E-state index contributed by atoms with van der Waals surface area (Å²) in [6.45, 7) is 6.18. The average molecular weight is 170 g/mol. The Morgan fingerprint density at radius 2 is 1.83 bits per heavy atom. The molecule has 0 aromatic carbocycles. The highest BCUT2D eigenvalue weighted by Crippen LogP contribution is 2.37. The molecule has 2 nitrogen and oxygen atoms in total. The van der Waals surface area contributed by atoms with E-state index in [1.54, 1.807) is 0 Å². The van der Waals surface area contributed by atoms with Gasteiger partial charge in [-0.1, -0.05) is 20.8 Å². The Morgan fingerprint density at radius 1 is 1.25 bits per heavy atom. The molecule has 0 saturated heterocycles. The molecule has 0 spiro atoms. The predicted octanol–water partition coefficient (Wildman–Crippen LogP) is 1.47. The lowest BCUT2D eigenvalue weighted by Gasteiger charge is -2.39. The molecule has 1 rings (SSSR count). The summed E-state index contributed by atoms with van der Waals surface area (Å²) in [5.74, 6) is 1.06. The fourth-order valence-corrected chi connectivity index (χ4v) is 2.17. The summed E-state index contributed by atoms with van der Waals surface area (Å²) < 4.78 is 0. The fraction of sp³-hybridized carbons (Fsp3) is 0.900. The van der Waals surface area contributed by atoms with Crippen LogP contribution in [0.15, 0.2) is 0 Å². The van der Waals surface area contributed by atoms with E-state index in [9.17, 15) is 9.90 Å². The maximum Gasteiger partial charge on any atom is 0.123 e. The first-order chi connectivity index (χ1) is 5.57. The summed E-state index contributed by atoms with van der Waals surface area (Å²) in [6.07, 6.45) is 1.56. The molecular weight excluding hydrogens is 152 g/mol. The minimum atomic E-state index is -0.286. The largest absolute Gasteiger partial charge is 0.393 e. The zero-order valence-electron chi connectivity index (χ0n) is 8.03. The second-order valence-electron chi connectivity index (χ2n) is 4.21. The van der Waals surface area contributed by atoms with Gasteiger partial charge in [0.2, 0.25) is 0 Å². The van der Waals surface area contributed by atoms with E-state index >= 15 is 0 Å². The highest BCUT2D eigenvalue weighted by Gasteiger charge is 2.37. The van der Waals surface area contributed by atoms with Gasteiger partial charge in [0.25, 0.3) is 0 Å². The number of aldehydes is 1. The monoisotopic (exact) mass is 170 g/mol. The lowest BCUT2D eigenvalue weighted by Crippen LogP contribution is -2.40. The number of hydrogen-bond donors (Lipinski definition) is 1. The molecule has 5 unspecified atom stereocenters. The van der Waals surface area contributed by atoms with Crippen LogP contribution in [0.4, 0.5) is 0 Å². The summed E-state index contributed by atoms with van der Waals surface area (Å²) in [5, 5.41) is 9.61. The molecule has 1 aliphatic rings. The third kappa shape index (κ3) is 1.53. The Morgan fingerprint density at radius 3 is 2.33 bits per heavy atom. The van der Waals surface area contributed by atoms with Crippen molar-refractivity contribution in [3.8, 4) is 0 Å². The molecule has 0 heterocycles. The van der Waals surface area contributed by atoms with Gasteiger partial charge in [-0.3, -0.25) is 0 Å². The van der Waals surface area contributed by atoms with Crippen molar-refractivity contribution < 1.29 is 9.90 Å². The van der Waals surface area contributed by atoms with Gasteiger partial charge in [-0.05, 0) is 24.2 Å². The Balaban J connectivity index is 2.73. The highest BCUT2D eigenvalue weighted by atomic mass is 16.3. The van der Waals surface area contributed by atoms with E-state index in [0.717, 1.165) is 12.7 Å². The molecule has 2 heteroatoms. The van der Waals surface area contributed by atoms with Gasteiger partial charge in [0.15, 0.2) is 0 Å². The first-order valence-electron chi connectivity index (χ1n) is 4.71. The smallest absolute Gasteiger partial charge is 0.123 e. The maximum atomic E-state index is 10.8. The van der Waals surface area contributed by atoms with Crippen LogP contribution in [0.25, 0.3) is 0 Å². The Labute approximate surface area is 74.0 Å². The molecule has 1 saturated carbocycles. The summed E-state index contributed by atoms with van der Waals surface area (Å²) in [4.78, 5) is 10.8. The molecule has 70 valence electrons. The average Bonchev–Trinajstić information content (AvgIpc) is 2.02. The van der Waals surface area contributed by atoms with Gasteiger partial charge in [-0.2, -0.15) is 0 Å². The van der Waals surface area contributed by atoms with Crippen LogP contribution in [-0.4, -0.2) is 17.5 Å². The lowest BCUT2D eigenvalue weighted by atomic mass is 9.68. The lowest BCUT2D eigenvalue weighted by molar-refractivity contribution is -0.120. The van der Waals surface area contributed by atoms with Crippen molar-refractivity contribution in [1.82, 2.24) is 0 Å². The van der Waals surface area contributed by atoms with E-state index in [4.69, 9.17) is 0 Å². The molecule has 5 atom stereocenters. The molecule has 0 bridgehead atoms. The van der Waals surface area contributed by atoms with Crippen molar-refractivity contribution in [2.75, 3.05) is 0 Å². The topological polar surface area (TPSA) is 37.3 Å². The first kappa shape index (κ1) is 9.72. The third-order valence-electron chi connectivity index (χ3n) is 3.49. The van der Waals surface area contributed by atoms with Gasteiger partial charge in [-0.15, -0.1) is 0 Å². The van der Waals surface area contributed by atoms with Crippen LogP contribution < -0.4 is 0 Å². The van der Waals surface area contributed by atoms with Crippen LogP contribution in [0.1, 0.15) is 27.2 Å². The van der Waals surface area contributed by atoms with Gasteiger partial charge in [0.1, 0.15) is 6.29 Å². The van der Waals surface area contributed by atoms with Crippen molar-refractivity contribution >= 4 is 6.29 Å². The summed E-state index contributed by atoms with van der Waals surface area (Å²) in [7, 11) is 0. The molecule has 0 aromatic rings. The van der Waals surface area contributed by atoms with E-state index in [0.29, 0.717) is 11.8 Å². The standard InChI is InChI=1S/C10H18O2/c1-6-4-10(12)8(3)9(5-11)7(6)2/h5-10,12H,4H2,1-3H3. The summed E-state index contributed by atoms with van der Waals surface area (Å²) in [5.41, 5.74) is 0. The van der Waals surface area contributed by atoms with Gasteiger partial charge >= 0.3 is 0 Å². The van der Waals surface area contributed by atoms with Crippen molar-refractivity contribution in [3.05, 3.63) is 0 Å². The minimum Gasteiger partial charge on any atom is -0.393 e. The number of hydrogen-bond acceptors (Lipinski definition) is 2. The Bertz CT molecular complexity index is 153. The fourth-order valence-electron chi connectivity index (χ4n) is 2.17. The molecular formula is C10H18O2.